The molecule has 0 bridgehead atoms. The van der Waals surface area contributed by atoms with E-state index in [0.29, 0.717) is 11.1 Å². The predicted octanol–water partition coefficient (Wildman–Crippen LogP) is 3.63. The van der Waals surface area contributed by atoms with Crippen LogP contribution in [0.15, 0.2) is 48.5 Å². The van der Waals surface area contributed by atoms with E-state index in [1.807, 2.05) is 12.1 Å². The smallest absolute Gasteiger partial charge is 0.387 e. The number of halogens is 2. The summed E-state index contributed by atoms with van der Waals surface area (Å²) < 4.78 is 29.0. The highest BCUT2D eigenvalue weighted by Gasteiger charge is 2.25. The normalized spacial score (nSPS) is 14.8. The Kier molecular flexibility index (Phi) is 6.57. The van der Waals surface area contributed by atoms with Crippen LogP contribution >= 0.6 is 0 Å². The summed E-state index contributed by atoms with van der Waals surface area (Å²) in [7, 11) is 0. The van der Waals surface area contributed by atoms with Gasteiger partial charge in [0.2, 0.25) is 5.91 Å². The van der Waals surface area contributed by atoms with Gasteiger partial charge in [0.25, 0.3) is 0 Å². The van der Waals surface area contributed by atoms with Crippen LogP contribution < -0.4 is 15.0 Å². The number of anilines is 1. The molecule has 2 aromatic carbocycles. The van der Waals surface area contributed by atoms with Crippen LogP contribution in [0.5, 0.6) is 5.75 Å². The number of carbonyl (C=O) groups is 2. The van der Waals surface area contributed by atoms with Crippen molar-refractivity contribution in [2.75, 3.05) is 18.0 Å². The molecule has 0 aromatic heterocycles. The van der Waals surface area contributed by atoms with Crippen molar-refractivity contribution in [2.24, 2.45) is 5.92 Å². The van der Waals surface area contributed by atoms with Gasteiger partial charge in [-0.15, -0.1) is 0 Å². The standard InChI is InChI=1S/C21H22F2N2O3/c22-21(23)28-19-3-1-2-16(12-19)13-24-20(27)17-8-10-25(11-9-17)18-6-4-15(14-26)5-7-18/h1-7,12,14,17,21H,8-11,13H2,(H,24,27). The molecule has 5 nitrogen and oxygen atoms in total. The molecular formula is C21H22F2N2O3. The molecule has 1 fully saturated rings. The molecule has 0 radical (unpaired) electrons. The number of nitrogens with zero attached hydrogens (tertiary/aromatic N) is 1. The first-order valence-electron chi connectivity index (χ1n) is 9.17. The lowest BCUT2D eigenvalue weighted by Crippen LogP contribution is -2.40. The third kappa shape index (κ3) is 5.28. The topological polar surface area (TPSA) is 58.6 Å². The highest BCUT2D eigenvalue weighted by molar-refractivity contribution is 5.79. The molecule has 1 aliphatic heterocycles. The van der Waals surface area contributed by atoms with Gasteiger partial charge < -0.3 is 15.0 Å². The Morgan fingerprint density at radius 3 is 2.54 bits per heavy atom. The Balaban J connectivity index is 1.48. The second-order valence-corrected chi connectivity index (χ2v) is 6.71. The lowest BCUT2D eigenvalue weighted by Gasteiger charge is -2.33. The number of piperidine rings is 1. The third-order valence-corrected chi connectivity index (χ3v) is 4.85. The van der Waals surface area contributed by atoms with E-state index in [1.165, 1.54) is 12.1 Å². The number of nitrogens with one attached hydrogen (secondary N) is 1. The maximum absolute atomic E-state index is 12.4. The summed E-state index contributed by atoms with van der Waals surface area (Å²) in [6.07, 6.45) is 2.28. The molecule has 0 aliphatic carbocycles. The average molecular weight is 388 g/mol. The largest absolute Gasteiger partial charge is 0.435 e. The van der Waals surface area contributed by atoms with Gasteiger partial charge >= 0.3 is 6.61 Å². The number of benzene rings is 2. The average Bonchev–Trinajstić information content (AvgIpc) is 2.72. The van der Waals surface area contributed by atoms with Gasteiger partial charge in [0.05, 0.1) is 0 Å². The second-order valence-electron chi connectivity index (χ2n) is 6.71. The Bertz CT molecular complexity index is 804. The number of carbonyl (C=O) groups excluding carboxylic acids is 2. The van der Waals surface area contributed by atoms with Gasteiger partial charge in [-0.05, 0) is 54.8 Å². The van der Waals surface area contributed by atoms with Crippen LogP contribution in [0.2, 0.25) is 0 Å². The van der Waals surface area contributed by atoms with Crippen molar-refractivity contribution in [1.29, 1.82) is 0 Å². The Morgan fingerprint density at radius 1 is 1.18 bits per heavy atom. The van der Waals surface area contributed by atoms with E-state index in [1.54, 1.807) is 24.3 Å². The summed E-state index contributed by atoms with van der Waals surface area (Å²) in [4.78, 5) is 25.4. The Labute approximate surface area is 162 Å². The number of ether oxygens (including phenoxy) is 1. The molecule has 1 N–H and O–H groups in total. The molecular weight excluding hydrogens is 366 g/mol. The van der Waals surface area contributed by atoms with Crippen molar-refractivity contribution in [2.45, 2.75) is 26.0 Å². The van der Waals surface area contributed by atoms with Gasteiger partial charge in [-0.1, -0.05) is 12.1 Å². The molecule has 28 heavy (non-hydrogen) atoms. The number of rotatable bonds is 7. The lowest BCUT2D eigenvalue weighted by atomic mass is 9.95. The van der Waals surface area contributed by atoms with Gasteiger partial charge in [0, 0.05) is 36.8 Å². The predicted molar refractivity (Wildman–Crippen MR) is 102 cm³/mol. The molecule has 0 saturated carbocycles. The van der Waals surface area contributed by atoms with E-state index in [4.69, 9.17) is 0 Å². The number of hydrogen-bond acceptors (Lipinski definition) is 4. The molecule has 0 spiro atoms. The van der Waals surface area contributed by atoms with Gasteiger partial charge in [-0.25, -0.2) is 0 Å². The minimum Gasteiger partial charge on any atom is -0.435 e. The highest BCUT2D eigenvalue weighted by Crippen LogP contribution is 2.24. The molecule has 7 heteroatoms. The quantitative estimate of drug-likeness (QED) is 0.736. The van der Waals surface area contributed by atoms with Crippen molar-refractivity contribution >= 4 is 17.9 Å². The van der Waals surface area contributed by atoms with Crippen LogP contribution in [0, 0.1) is 5.92 Å². The fourth-order valence-corrected chi connectivity index (χ4v) is 3.33. The summed E-state index contributed by atoms with van der Waals surface area (Å²) in [5.74, 6) is -0.0298. The summed E-state index contributed by atoms with van der Waals surface area (Å²) in [6, 6.07) is 13.7. The summed E-state index contributed by atoms with van der Waals surface area (Å²) in [6.45, 7) is -1.08. The summed E-state index contributed by atoms with van der Waals surface area (Å²) in [5.41, 5.74) is 2.39. The molecule has 1 heterocycles. The Hall–Kier alpha value is -2.96. The van der Waals surface area contributed by atoms with Gasteiger partial charge in [-0.2, -0.15) is 8.78 Å². The van der Waals surface area contributed by atoms with E-state index in [9.17, 15) is 18.4 Å². The first-order valence-corrected chi connectivity index (χ1v) is 9.17. The second kappa shape index (κ2) is 9.30. The SMILES string of the molecule is O=Cc1ccc(N2CCC(C(=O)NCc3cccc(OC(F)F)c3)CC2)cc1. The van der Waals surface area contributed by atoms with Crippen molar-refractivity contribution in [1.82, 2.24) is 5.32 Å². The van der Waals surface area contributed by atoms with Crippen molar-refractivity contribution in [3.63, 3.8) is 0 Å². The first-order chi connectivity index (χ1) is 13.5. The first kappa shape index (κ1) is 19.8. The van der Waals surface area contributed by atoms with Crippen LogP contribution in [0.3, 0.4) is 0 Å². The van der Waals surface area contributed by atoms with Crippen LogP contribution in [0.1, 0.15) is 28.8 Å². The molecule has 1 aliphatic rings. The number of hydrogen-bond donors (Lipinski definition) is 1. The minimum atomic E-state index is -2.87. The molecule has 1 amide bonds. The number of aldehydes is 1. The molecule has 2 aromatic rings. The number of alkyl halides is 2. The molecule has 0 atom stereocenters. The molecule has 1 saturated heterocycles. The lowest BCUT2D eigenvalue weighted by molar-refractivity contribution is -0.125. The van der Waals surface area contributed by atoms with E-state index in [2.05, 4.69) is 15.0 Å². The highest BCUT2D eigenvalue weighted by atomic mass is 19.3. The minimum absolute atomic E-state index is 0.0314. The zero-order valence-corrected chi connectivity index (χ0v) is 15.3. The molecule has 3 rings (SSSR count). The van der Waals surface area contributed by atoms with E-state index in [-0.39, 0.29) is 24.1 Å². The molecule has 0 unspecified atom stereocenters. The summed E-state index contributed by atoms with van der Waals surface area (Å²) in [5, 5.41) is 2.88. The van der Waals surface area contributed by atoms with Gasteiger partial charge in [0.1, 0.15) is 12.0 Å². The zero-order valence-electron chi connectivity index (χ0n) is 15.3. The molecule has 148 valence electrons. The van der Waals surface area contributed by atoms with Crippen molar-refractivity contribution < 1.29 is 23.1 Å². The third-order valence-electron chi connectivity index (χ3n) is 4.85. The van der Waals surface area contributed by atoms with E-state index >= 15 is 0 Å². The monoisotopic (exact) mass is 388 g/mol. The summed E-state index contributed by atoms with van der Waals surface area (Å²) >= 11 is 0. The van der Waals surface area contributed by atoms with E-state index < -0.39 is 6.61 Å². The maximum Gasteiger partial charge on any atom is 0.387 e. The van der Waals surface area contributed by atoms with Crippen LogP contribution in [-0.4, -0.2) is 31.9 Å². The van der Waals surface area contributed by atoms with Crippen molar-refractivity contribution in [3.05, 3.63) is 59.7 Å². The zero-order chi connectivity index (χ0) is 19.9. The number of amides is 1. The van der Waals surface area contributed by atoms with Crippen molar-refractivity contribution in [3.8, 4) is 5.75 Å². The van der Waals surface area contributed by atoms with Gasteiger partial charge in [-0.3, -0.25) is 9.59 Å². The van der Waals surface area contributed by atoms with Gasteiger partial charge in [0.15, 0.2) is 0 Å². The van der Waals surface area contributed by atoms with Crippen LogP contribution in [0.25, 0.3) is 0 Å². The van der Waals surface area contributed by atoms with E-state index in [0.717, 1.165) is 37.9 Å². The maximum atomic E-state index is 12.4. The van der Waals surface area contributed by atoms with Crippen LogP contribution in [-0.2, 0) is 11.3 Å². The fourth-order valence-electron chi connectivity index (χ4n) is 3.33. The Morgan fingerprint density at radius 2 is 1.89 bits per heavy atom. The fraction of sp³-hybridized carbons (Fsp3) is 0.333. The van der Waals surface area contributed by atoms with Crippen LogP contribution in [0.4, 0.5) is 14.5 Å².